The Kier molecular flexibility index (Phi) is 8.92. The van der Waals surface area contributed by atoms with Gasteiger partial charge in [-0.05, 0) is 59.9 Å². The van der Waals surface area contributed by atoms with Gasteiger partial charge in [0.15, 0.2) is 12.6 Å². The molecule has 5 rings (SSSR count). The number of ether oxygens (including phenoxy) is 4. The number of thiol groups is 1. The molecule has 0 spiro atoms. The SMILES string of the molecule is CS(=O)(=O)O.Sc1cccc(-c2cccc(OC3CCCO3)c2)c1-c1cccc(OC2CCCO2)c1. The molecular formula is C27H30O7S2. The van der Waals surface area contributed by atoms with E-state index in [2.05, 4.69) is 30.3 Å². The van der Waals surface area contributed by atoms with Crippen LogP contribution in [0, 0.1) is 0 Å². The van der Waals surface area contributed by atoms with E-state index >= 15 is 0 Å². The minimum Gasteiger partial charge on any atom is -0.465 e. The quantitative estimate of drug-likeness (QED) is 0.305. The van der Waals surface area contributed by atoms with Crippen LogP contribution >= 0.6 is 12.6 Å². The molecule has 2 aliphatic heterocycles. The summed E-state index contributed by atoms with van der Waals surface area (Å²) in [6.45, 7) is 1.53. The second kappa shape index (κ2) is 12.1. The maximum Gasteiger partial charge on any atom is 0.261 e. The molecule has 1 N–H and O–H groups in total. The molecule has 0 saturated carbocycles. The Morgan fingerprint density at radius 1 is 0.833 bits per heavy atom. The molecule has 2 aliphatic rings. The van der Waals surface area contributed by atoms with Crippen molar-refractivity contribution >= 4 is 22.7 Å². The van der Waals surface area contributed by atoms with Gasteiger partial charge in [-0.2, -0.15) is 8.42 Å². The van der Waals surface area contributed by atoms with Gasteiger partial charge >= 0.3 is 0 Å². The van der Waals surface area contributed by atoms with Crippen molar-refractivity contribution in [3.8, 4) is 33.8 Å². The van der Waals surface area contributed by atoms with Crippen LogP contribution in [0.2, 0.25) is 0 Å². The second-order valence-corrected chi connectivity index (χ2v) is 10.6. The molecule has 7 nitrogen and oxygen atoms in total. The summed E-state index contributed by atoms with van der Waals surface area (Å²) in [5.41, 5.74) is 4.30. The molecule has 2 fully saturated rings. The van der Waals surface area contributed by atoms with Gasteiger partial charge in [0.2, 0.25) is 0 Å². The van der Waals surface area contributed by atoms with Crippen molar-refractivity contribution in [3.63, 3.8) is 0 Å². The van der Waals surface area contributed by atoms with E-state index in [9.17, 15) is 8.42 Å². The fourth-order valence-electron chi connectivity index (χ4n) is 4.13. The van der Waals surface area contributed by atoms with E-state index in [1.807, 2.05) is 36.4 Å². The summed E-state index contributed by atoms with van der Waals surface area (Å²) in [6.07, 6.45) is 4.34. The van der Waals surface area contributed by atoms with Crippen LogP contribution in [0.15, 0.2) is 71.6 Å². The normalized spacial score (nSPS) is 19.4. The maximum absolute atomic E-state index is 9.19. The van der Waals surface area contributed by atoms with Crippen LogP contribution < -0.4 is 9.47 Å². The zero-order chi connectivity index (χ0) is 25.5. The number of hydrogen-bond donors (Lipinski definition) is 2. The summed E-state index contributed by atoms with van der Waals surface area (Å²) < 4.78 is 49.2. The van der Waals surface area contributed by atoms with E-state index in [-0.39, 0.29) is 12.6 Å². The predicted octanol–water partition coefficient (Wildman–Crippen LogP) is 5.84. The molecule has 3 aromatic rings. The lowest BCUT2D eigenvalue weighted by Crippen LogP contribution is -2.13. The summed E-state index contributed by atoms with van der Waals surface area (Å²) in [4.78, 5) is 0.914. The maximum atomic E-state index is 9.19. The molecule has 2 atom stereocenters. The molecule has 9 heteroatoms. The Bertz CT molecular complexity index is 1260. The third-order valence-electron chi connectivity index (χ3n) is 5.62. The lowest BCUT2D eigenvalue weighted by Gasteiger charge is -2.17. The van der Waals surface area contributed by atoms with Crippen LogP contribution in [0.5, 0.6) is 11.5 Å². The average Bonchev–Trinajstić information content (AvgIpc) is 3.53. The Hall–Kier alpha value is -2.56. The van der Waals surface area contributed by atoms with Gasteiger partial charge in [0, 0.05) is 23.3 Å². The van der Waals surface area contributed by atoms with Gasteiger partial charge in [-0.1, -0.05) is 36.4 Å². The van der Waals surface area contributed by atoms with Crippen molar-refractivity contribution in [2.75, 3.05) is 19.5 Å². The molecule has 2 heterocycles. The zero-order valence-corrected chi connectivity index (χ0v) is 21.7. The van der Waals surface area contributed by atoms with E-state index < -0.39 is 10.1 Å². The molecule has 36 heavy (non-hydrogen) atoms. The van der Waals surface area contributed by atoms with Crippen LogP contribution in [-0.2, 0) is 19.6 Å². The minimum atomic E-state index is -3.67. The molecular weight excluding hydrogens is 500 g/mol. The van der Waals surface area contributed by atoms with Crippen LogP contribution in [-0.4, -0.2) is 45.0 Å². The van der Waals surface area contributed by atoms with Crippen LogP contribution in [0.1, 0.15) is 25.7 Å². The highest BCUT2D eigenvalue weighted by Crippen LogP contribution is 2.39. The first-order valence-corrected chi connectivity index (χ1v) is 14.1. The number of benzene rings is 3. The highest BCUT2D eigenvalue weighted by Gasteiger charge is 2.19. The third-order valence-corrected chi connectivity index (χ3v) is 5.99. The smallest absolute Gasteiger partial charge is 0.261 e. The van der Waals surface area contributed by atoms with Gasteiger partial charge in [0.25, 0.3) is 10.1 Å². The van der Waals surface area contributed by atoms with E-state index in [4.69, 9.17) is 36.1 Å². The molecule has 0 radical (unpaired) electrons. The number of rotatable bonds is 6. The molecule has 0 aliphatic carbocycles. The van der Waals surface area contributed by atoms with E-state index in [1.165, 1.54) is 0 Å². The highest BCUT2D eigenvalue weighted by atomic mass is 32.2. The summed E-state index contributed by atoms with van der Waals surface area (Å²) >= 11 is 4.78. The first-order valence-electron chi connectivity index (χ1n) is 11.8. The standard InChI is InChI=1S/C26H26O4S.CH4O3S/c31-23-11-3-10-22(18-6-1-8-20(16-18)29-24-12-4-14-27-24)26(23)19-7-2-9-21(17-19)30-25-13-5-15-28-25;1-5(2,3)4/h1-3,6-11,16-17,24-25,31H,4-5,12-15H2;1H3,(H,2,3,4). The minimum absolute atomic E-state index is 0.155. The fourth-order valence-corrected chi connectivity index (χ4v) is 4.47. The van der Waals surface area contributed by atoms with Crippen molar-refractivity contribution in [3.05, 3.63) is 66.7 Å². The van der Waals surface area contributed by atoms with Crippen LogP contribution in [0.25, 0.3) is 22.3 Å². The van der Waals surface area contributed by atoms with Crippen molar-refractivity contribution in [2.45, 2.75) is 43.2 Å². The van der Waals surface area contributed by atoms with E-state index in [0.717, 1.165) is 77.5 Å². The highest BCUT2D eigenvalue weighted by molar-refractivity contribution is 7.85. The second-order valence-electron chi connectivity index (χ2n) is 8.61. The number of hydrogen-bond acceptors (Lipinski definition) is 7. The van der Waals surface area contributed by atoms with Gasteiger partial charge in [-0.25, -0.2) is 0 Å². The van der Waals surface area contributed by atoms with Crippen molar-refractivity contribution in [1.29, 1.82) is 0 Å². The zero-order valence-electron chi connectivity index (χ0n) is 20.0. The molecule has 0 aromatic heterocycles. The Morgan fingerprint density at radius 2 is 1.33 bits per heavy atom. The lowest BCUT2D eigenvalue weighted by atomic mass is 9.94. The van der Waals surface area contributed by atoms with E-state index in [1.54, 1.807) is 0 Å². The lowest BCUT2D eigenvalue weighted by molar-refractivity contribution is -0.0393. The van der Waals surface area contributed by atoms with Gasteiger partial charge < -0.3 is 18.9 Å². The van der Waals surface area contributed by atoms with Gasteiger partial charge in [0.1, 0.15) is 11.5 Å². The van der Waals surface area contributed by atoms with E-state index in [0.29, 0.717) is 6.26 Å². The van der Waals surface area contributed by atoms with Crippen molar-refractivity contribution < 1.29 is 31.9 Å². The topological polar surface area (TPSA) is 91.3 Å². The van der Waals surface area contributed by atoms with Gasteiger partial charge in [0.05, 0.1) is 19.5 Å². The Labute approximate surface area is 217 Å². The first kappa shape index (κ1) is 26.5. The van der Waals surface area contributed by atoms with Crippen LogP contribution in [0.3, 0.4) is 0 Å². The molecule has 0 bridgehead atoms. The first-order chi connectivity index (χ1) is 17.3. The molecule has 3 aromatic carbocycles. The van der Waals surface area contributed by atoms with Crippen molar-refractivity contribution in [2.24, 2.45) is 0 Å². The summed E-state index contributed by atoms with van der Waals surface area (Å²) in [7, 11) is -3.67. The fraction of sp³-hybridized carbons (Fsp3) is 0.333. The summed E-state index contributed by atoms with van der Waals surface area (Å²) in [6, 6.07) is 22.5. The molecule has 2 unspecified atom stereocenters. The summed E-state index contributed by atoms with van der Waals surface area (Å²) in [5, 5.41) is 0. The summed E-state index contributed by atoms with van der Waals surface area (Å²) in [5.74, 6) is 1.62. The van der Waals surface area contributed by atoms with Gasteiger partial charge in [-0.3, -0.25) is 4.55 Å². The Balaban J connectivity index is 0.000000556. The molecule has 0 amide bonds. The molecule has 2 saturated heterocycles. The average molecular weight is 531 g/mol. The monoisotopic (exact) mass is 530 g/mol. The Morgan fingerprint density at radius 3 is 1.86 bits per heavy atom. The third kappa shape index (κ3) is 7.72. The molecule has 192 valence electrons. The van der Waals surface area contributed by atoms with Crippen LogP contribution in [0.4, 0.5) is 0 Å². The largest absolute Gasteiger partial charge is 0.465 e. The van der Waals surface area contributed by atoms with Gasteiger partial charge in [-0.15, -0.1) is 12.6 Å². The van der Waals surface area contributed by atoms with Crippen molar-refractivity contribution in [1.82, 2.24) is 0 Å². The predicted molar refractivity (Wildman–Crippen MR) is 141 cm³/mol.